The Balaban J connectivity index is 1.40. The molecule has 0 radical (unpaired) electrons. The first-order valence-corrected chi connectivity index (χ1v) is 9.05. The lowest BCUT2D eigenvalue weighted by Crippen LogP contribution is -2.49. The highest BCUT2D eigenvalue weighted by Crippen LogP contribution is 2.23. The minimum atomic E-state index is -0.0936. The van der Waals surface area contributed by atoms with E-state index in [1.54, 1.807) is 34.1 Å². The van der Waals surface area contributed by atoms with E-state index in [1.807, 2.05) is 12.1 Å². The lowest BCUT2D eigenvalue weighted by Gasteiger charge is -2.35. The first-order valence-electron chi connectivity index (χ1n) is 8.30. The Morgan fingerprint density at radius 3 is 2.33 bits per heavy atom. The quantitative estimate of drug-likeness (QED) is 0.667. The van der Waals surface area contributed by atoms with E-state index < -0.39 is 0 Å². The van der Waals surface area contributed by atoms with Gasteiger partial charge in [0.1, 0.15) is 12.7 Å². The van der Waals surface area contributed by atoms with Crippen molar-refractivity contribution >= 4 is 34.9 Å². The van der Waals surface area contributed by atoms with Crippen molar-refractivity contribution < 1.29 is 4.79 Å². The van der Waals surface area contributed by atoms with Gasteiger partial charge in [0.25, 0.3) is 5.91 Å². The van der Waals surface area contributed by atoms with Gasteiger partial charge in [0.2, 0.25) is 0 Å². The highest BCUT2D eigenvalue weighted by molar-refractivity contribution is 6.36. The average Bonchev–Trinajstić information content (AvgIpc) is 3.23. The molecular weight excluding hydrogens is 389 g/mol. The Bertz CT molecular complexity index is 938. The van der Waals surface area contributed by atoms with Crippen LogP contribution in [-0.2, 0) is 0 Å². The normalized spacial score (nSPS) is 14.4. The zero-order valence-corrected chi connectivity index (χ0v) is 15.7. The summed E-state index contributed by atoms with van der Waals surface area (Å²) >= 11 is 12.1. The predicted octanol–water partition coefficient (Wildman–Crippen LogP) is 2.33. The molecule has 1 amide bonds. The SMILES string of the molecule is O=C(c1ccc(Cl)cc1Cl)N1CCN(c2ccc(-n3cncn3)nn2)CC1. The summed E-state index contributed by atoms with van der Waals surface area (Å²) in [4.78, 5) is 20.4. The zero-order chi connectivity index (χ0) is 18.8. The van der Waals surface area contributed by atoms with Gasteiger partial charge in [0.05, 0.1) is 10.6 Å². The Morgan fingerprint density at radius 2 is 1.70 bits per heavy atom. The summed E-state index contributed by atoms with van der Waals surface area (Å²) in [6, 6.07) is 8.63. The number of aromatic nitrogens is 5. The first kappa shape index (κ1) is 17.7. The molecule has 10 heteroatoms. The molecule has 0 bridgehead atoms. The summed E-state index contributed by atoms with van der Waals surface area (Å²) in [5.41, 5.74) is 0.464. The van der Waals surface area contributed by atoms with Crippen molar-refractivity contribution in [1.29, 1.82) is 0 Å². The fraction of sp³-hybridized carbons (Fsp3) is 0.235. The molecule has 1 saturated heterocycles. The van der Waals surface area contributed by atoms with E-state index >= 15 is 0 Å². The first-order chi connectivity index (χ1) is 13.1. The molecule has 0 aliphatic carbocycles. The topological polar surface area (TPSA) is 80.0 Å². The van der Waals surface area contributed by atoms with Crippen molar-refractivity contribution in [3.8, 4) is 5.82 Å². The molecule has 0 saturated carbocycles. The molecule has 1 aliphatic heterocycles. The molecule has 1 aliphatic rings. The third-order valence-corrected chi connectivity index (χ3v) is 4.89. The lowest BCUT2D eigenvalue weighted by atomic mass is 10.2. The Labute approximate surface area is 165 Å². The maximum atomic E-state index is 12.7. The fourth-order valence-electron chi connectivity index (χ4n) is 2.91. The number of nitrogens with zero attached hydrogens (tertiary/aromatic N) is 7. The average molecular weight is 404 g/mol. The van der Waals surface area contributed by atoms with Gasteiger partial charge >= 0.3 is 0 Å². The largest absolute Gasteiger partial charge is 0.352 e. The summed E-state index contributed by atoms with van der Waals surface area (Å²) in [6.07, 6.45) is 3.01. The van der Waals surface area contributed by atoms with Crippen molar-refractivity contribution in [2.75, 3.05) is 31.1 Å². The monoisotopic (exact) mass is 403 g/mol. The maximum absolute atomic E-state index is 12.7. The molecule has 3 heterocycles. The summed E-state index contributed by atoms with van der Waals surface area (Å²) in [7, 11) is 0. The molecular formula is C17H15Cl2N7O. The third-order valence-electron chi connectivity index (χ3n) is 4.34. The summed E-state index contributed by atoms with van der Waals surface area (Å²) in [5, 5.41) is 13.3. The van der Waals surface area contributed by atoms with Crippen LogP contribution < -0.4 is 4.90 Å². The highest BCUT2D eigenvalue weighted by Gasteiger charge is 2.24. The number of amides is 1. The number of piperazine rings is 1. The fourth-order valence-corrected chi connectivity index (χ4v) is 3.40. The van der Waals surface area contributed by atoms with Crippen LogP contribution in [0.15, 0.2) is 43.0 Å². The number of anilines is 1. The van der Waals surface area contributed by atoms with E-state index in [2.05, 4.69) is 25.2 Å². The van der Waals surface area contributed by atoms with Crippen LogP contribution in [0, 0.1) is 0 Å². The van der Waals surface area contributed by atoms with Crippen molar-refractivity contribution in [3.05, 3.63) is 58.6 Å². The van der Waals surface area contributed by atoms with Gasteiger partial charge in [-0.2, -0.15) is 5.10 Å². The number of halogens is 2. The highest BCUT2D eigenvalue weighted by atomic mass is 35.5. The van der Waals surface area contributed by atoms with Gasteiger partial charge in [0.15, 0.2) is 11.6 Å². The maximum Gasteiger partial charge on any atom is 0.255 e. The summed E-state index contributed by atoms with van der Waals surface area (Å²) in [5.74, 6) is 1.27. The summed E-state index contributed by atoms with van der Waals surface area (Å²) in [6.45, 7) is 2.47. The van der Waals surface area contributed by atoms with E-state index in [1.165, 1.54) is 6.33 Å². The number of benzene rings is 1. The summed E-state index contributed by atoms with van der Waals surface area (Å²) < 4.78 is 1.54. The Kier molecular flexibility index (Phi) is 4.91. The third kappa shape index (κ3) is 3.72. The van der Waals surface area contributed by atoms with Crippen LogP contribution in [0.25, 0.3) is 5.82 Å². The van der Waals surface area contributed by atoms with Crippen molar-refractivity contribution in [1.82, 2.24) is 29.9 Å². The molecule has 0 atom stereocenters. The Morgan fingerprint density at radius 1 is 0.963 bits per heavy atom. The van der Waals surface area contributed by atoms with Gasteiger partial charge in [-0.05, 0) is 30.3 Å². The van der Waals surface area contributed by atoms with Crippen molar-refractivity contribution in [2.24, 2.45) is 0 Å². The molecule has 3 aromatic rings. The van der Waals surface area contributed by atoms with E-state index in [0.717, 1.165) is 5.82 Å². The van der Waals surface area contributed by atoms with Crippen LogP contribution in [0.2, 0.25) is 10.0 Å². The van der Waals surface area contributed by atoms with Gasteiger partial charge in [0, 0.05) is 31.2 Å². The second-order valence-electron chi connectivity index (χ2n) is 5.99. The van der Waals surface area contributed by atoms with Crippen LogP contribution >= 0.6 is 23.2 Å². The van der Waals surface area contributed by atoms with Crippen molar-refractivity contribution in [3.63, 3.8) is 0 Å². The molecule has 138 valence electrons. The second-order valence-corrected chi connectivity index (χ2v) is 6.84. The Hall–Kier alpha value is -2.71. The van der Waals surface area contributed by atoms with E-state index in [0.29, 0.717) is 47.6 Å². The molecule has 1 fully saturated rings. The number of carbonyl (C=O) groups excluding carboxylic acids is 1. The minimum absolute atomic E-state index is 0.0936. The van der Waals surface area contributed by atoms with Gasteiger partial charge in [-0.3, -0.25) is 4.79 Å². The molecule has 0 spiro atoms. The van der Waals surface area contributed by atoms with Crippen molar-refractivity contribution in [2.45, 2.75) is 0 Å². The molecule has 0 N–H and O–H groups in total. The predicted molar refractivity (Wildman–Crippen MR) is 102 cm³/mol. The van der Waals surface area contributed by atoms with E-state index in [9.17, 15) is 4.79 Å². The second kappa shape index (κ2) is 7.50. The zero-order valence-electron chi connectivity index (χ0n) is 14.2. The molecule has 8 nitrogen and oxygen atoms in total. The molecule has 0 unspecified atom stereocenters. The van der Waals surface area contributed by atoms with Gasteiger partial charge in [-0.1, -0.05) is 23.2 Å². The number of carbonyl (C=O) groups is 1. The smallest absolute Gasteiger partial charge is 0.255 e. The number of rotatable bonds is 3. The van der Waals surface area contributed by atoms with E-state index in [4.69, 9.17) is 23.2 Å². The van der Waals surface area contributed by atoms with Gasteiger partial charge in [-0.15, -0.1) is 10.2 Å². The molecule has 27 heavy (non-hydrogen) atoms. The van der Waals surface area contributed by atoms with Gasteiger partial charge < -0.3 is 9.80 Å². The van der Waals surface area contributed by atoms with Gasteiger partial charge in [-0.25, -0.2) is 9.67 Å². The minimum Gasteiger partial charge on any atom is -0.352 e. The van der Waals surface area contributed by atoms with Crippen LogP contribution in [-0.4, -0.2) is 61.9 Å². The number of hydrogen-bond acceptors (Lipinski definition) is 6. The van der Waals surface area contributed by atoms with Crippen LogP contribution in [0.5, 0.6) is 0 Å². The molecule has 4 rings (SSSR count). The lowest BCUT2D eigenvalue weighted by molar-refractivity contribution is 0.0746. The van der Waals surface area contributed by atoms with Crippen LogP contribution in [0.4, 0.5) is 5.82 Å². The van der Waals surface area contributed by atoms with Crippen LogP contribution in [0.1, 0.15) is 10.4 Å². The number of hydrogen-bond donors (Lipinski definition) is 0. The molecule has 1 aromatic carbocycles. The standard InChI is InChI=1S/C17H15Cl2N7O/c18-12-1-2-13(14(19)9-12)17(27)25-7-5-24(6-8-25)15-3-4-16(23-22-15)26-11-20-10-21-26/h1-4,9-11H,5-8H2. The molecule has 2 aromatic heterocycles. The van der Waals surface area contributed by atoms with E-state index in [-0.39, 0.29) is 5.91 Å². The van der Waals surface area contributed by atoms with Crippen LogP contribution in [0.3, 0.4) is 0 Å².